The number of nitrogens with one attached hydrogen (secondary N) is 1. The minimum Gasteiger partial charge on any atom is -0.365 e. The molecule has 3 N–H and O–H groups in total. The third kappa shape index (κ3) is 4.24. The predicted molar refractivity (Wildman–Crippen MR) is 117 cm³/mol. The number of amides is 3. The van der Waals surface area contributed by atoms with Crippen molar-refractivity contribution in [3.63, 3.8) is 0 Å². The number of urea groups is 1. The summed E-state index contributed by atoms with van der Waals surface area (Å²) in [6, 6.07) is 4.44. The third-order valence-electron chi connectivity index (χ3n) is 5.73. The second kappa shape index (κ2) is 7.99. The molecule has 31 heavy (non-hydrogen) atoms. The fourth-order valence-electron chi connectivity index (χ4n) is 3.89. The molecule has 9 nitrogen and oxygen atoms in total. The van der Waals surface area contributed by atoms with Gasteiger partial charge in [-0.3, -0.25) is 9.48 Å². The van der Waals surface area contributed by atoms with E-state index in [1.807, 2.05) is 0 Å². The molecule has 1 aliphatic carbocycles. The lowest BCUT2D eigenvalue weighted by Crippen LogP contribution is -2.54. The van der Waals surface area contributed by atoms with Gasteiger partial charge in [-0.05, 0) is 25.0 Å². The first kappa shape index (κ1) is 21.9. The van der Waals surface area contributed by atoms with E-state index in [0.29, 0.717) is 52.9 Å². The highest BCUT2D eigenvalue weighted by atomic mass is 35.5. The minimum atomic E-state index is -3.09. The lowest BCUT2D eigenvalue weighted by atomic mass is 9.92. The summed E-state index contributed by atoms with van der Waals surface area (Å²) < 4.78 is 24.8. The lowest BCUT2D eigenvalue weighted by molar-refractivity contribution is 0.0997. The summed E-state index contributed by atoms with van der Waals surface area (Å²) in [6.45, 7) is 0.934. The van der Waals surface area contributed by atoms with E-state index in [-0.39, 0.29) is 24.2 Å². The monoisotopic (exact) mass is 485 g/mol. The van der Waals surface area contributed by atoms with Crippen LogP contribution in [0.4, 0.5) is 4.79 Å². The number of rotatable bonds is 4. The Balaban J connectivity index is 1.53. The molecule has 166 valence electrons. The largest absolute Gasteiger partial charge is 0.365 e. The maximum Gasteiger partial charge on any atom is 0.318 e. The molecule has 0 unspecified atom stereocenters. The summed E-state index contributed by atoms with van der Waals surface area (Å²) in [5.74, 6) is -0.653. The number of aromatic nitrogens is 2. The zero-order valence-electron chi connectivity index (χ0n) is 16.6. The Morgan fingerprint density at radius 1 is 1.19 bits per heavy atom. The van der Waals surface area contributed by atoms with Crippen molar-refractivity contribution in [2.75, 3.05) is 12.8 Å². The SMILES string of the molecule is CS(=O)(=O)C1CC(NC(=O)N2CCn3nc(-c4ccc(Cl)c(Cl)c4)c(C(N)=O)c3C2)C1. The van der Waals surface area contributed by atoms with Gasteiger partial charge in [-0.2, -0.15) is 5.10 Å². The van der Waals surface area contributed by atoms with Gasteiger partial charge >= 0.3 is 6.03 Å². The first-order chi connectivity index (χ1) is 14.5. The van der Waals surface area contributed by atoms with E-state index in [2.05, 4.69) is 10.4 Å². The minimum absolute atomic E-state index is 0.153. The van der Waals surface area contributed by atoms with Crippen LogP contribution in [0.15, 0.2) is 18.2 Å². The normalized spacial score (nSPS) is 20.7. The zero-order valence-corrected chi connectivity index (χ0v) is 19.0. The van der Waals surface area contributed by atoms with Gasteiger partial charge in [0.15, 0.2) is 0 Å². The molecule has 1 aromatic carbocycles. The molecule has 0 saturated heterocycles. The van der Waals surface area contributed by atoms with Crippen LogP contribution in [-0.4, -0.2) is 59.1 Å². The van der Waals surface area contributed by atoms with Gasteiger partial charge in [-0.25, -0.2) is 13.2 Å². The van der Waals surface area contributed by atoms with Crippen LogP contribution in [0.3, 0.4) is 0 Å². The van der Waals surface area contributed by atoms with Gasteiger partial charge in [0.05, 0.1) is 39.6 Å². The molecule has 1 aliphatic heterocycles. The number of carbonyl (C=O) groups is 2. The quantitative estimate of drug-likeness (QED) is 0.684. The van der Waals surface area contributed by atoms with Gasteiger partial charge in [0.1, 0.15) is 15.5 Å². The standard InChI is InChI=1S/C19H21Cl2N5O4S/c1-31(29,30)12-7-11(8-12)23-19(28)25-4-5-26-15(9-25)16(18(22)27)17(24-26)10-2-3-13(20)14(21)6-10/h2-3,6,11-12H,4-5,7-9H2,1H3,(H2,22,27)(H,23,28). The molecule has 12 heteroatoms. The van der Waals surface area contributed by atoms with Gasteiger partial charge in [-0.1, -0.05) is 29.3 Å². The first-order valence-electron chi connectivity index (χ1n) is 9.63. The number of hydrogen-bond acceptors (Lipinski definition) is 5. The second-order valence-electron chi connectivity index (χ2n) is 7.88. The van der Waals surface area contributed by atoms with Crippen molar-refractivity contribution in [3.05, 3.63) is 39.5 Å². The molecule has 1 aromatic heterocycles. The molecular weight excluding hydrogens is 465 g/mol. The Morgan fingerprint density at radius 3 is 2.52 bits per heavy atom. The maximum atomic E-state index is 12.7. The van der Waals surface area contributed by atoms with Crippen molar-refractivity contribution in [1.29, 1.82) is 0 Å². The number of nitrogens with two attached hydrogens (primary N) is 1. The Bertz CT molecular complexity index is 1170. The van der Waals surface area contributed by atoms with E-state index in [1.165, 1.54) is 6.26 Å². The molecule has 0 spiro atoms. The molecule has 0 bridgehead atoms. The average molecular weight is 486 g/mol. The summed E-state index contributed by atoms with van der Waals surface area (Å²) >= 11 is 12.1. The molecule has 0 radical (unpaired) electrons. The summed E-state index contributed by atoms with van der Waals surface area (Å²) in [5, 5.41) is 7.69. The van der Waals surface area contributed by atoms with Crippen LogP contribution in [0.25, 0.3) is 11.3 Å². The summed E-state index contributed by atoms with van der Waals surface area (Å²) in [5.41, 5.74) is 7.41. The van der Waals surface area contributed by atoms with E-state index in [4.69, 9.17) is 28.9 Å². The van der Waals surface area contributed by atoms with E-state index in [9.17, 15) is 18.0 Å². The third-order valence-corrected chi connectivity index (χ3v) is 8.07. The highest BCUT2D eigenvalue weighted by Gasteiger charge is 2.38. The van der Waals surface area contributed by atoms with Gasteiger partial charge < -0.3 is 16.0 Å². The van der Waals surface area contributed by atoms with Gasteiger partial charge in [0.25, 0.3) is 5.91 Å². The number of hydrogen-bond donors (Lipinski definition) is 2. The first-order valence-corrected chi connectivity index (χ1v) is 12.3. The molecule has 1 saturated carbocycles. The van der Waals surface area contributed by atoms with Crippen molar-refractivity contribution >= 4 is 45.0 Å². The maximum absolute atomic E-state index is 12.7. The van der Waals surface area contributed by atoms with Gasteiger partial charge in [0, 0.05) is 24.4 Å². The van der Waals surface area contributed by atoms with Crippen LogP contribution < -0.4 is 11.1 Å². The number of benzene rings is 1. The number of halogens is 2. The number of primary amides is 1. The van der Waals surface area contributed by atoms with Crippen LogP contribution in [0.5, 0.6) is 0 Å². The molecule has 2 aromatic rings. The Labute approximate surface area is 189 Å². The molecular formula is C19H21Cl2N5O4S. The van der Waals surface area contributed by atoms with Crippen LogP contribution in [0, 0.1) is 0 Å². The van der Waals surface area contributed by atoms with Crippen LogP contribution in [-0.2, 0) is 22.9 Å². The van der Waals surface area contributed by atoms with E-state index in [0.717, 1.165) is 0 Å². The Hall–Kier alpha value is -2.30. The Kier molecular flexibility index (Phi) is 5.65. The van der Waals surface area contributed by atoms with E-state index < -0.39 is 21.0 Å². The van der Waals surface area contributed by atoms with Crippen LogP contribution in [0.2, 0.25) is 10.0 Å². The highest BCUT2D eigenvalue weighted by molar-refractivity contribution is 7.91. The number of sulfone groups is 1. The molecule has 2 aliphatic rings. The van der Waals surface area contributed by atoms with Crippen LogP contribution in [0.1, 0.15) is 28.9 Å². The number of fused-ring (bicyclic) bond motifs is 1. The van der Waals surface area contributed by atoms with E-state index >= 15 is 0 Å². The molecule has 2 heterocycles. The molecule has 3 amide bonds. The van der Waals surface area contributed by atoms with E-state index in [1.54, 1.807) is 27.8 Å². The highest BCUT2D eigenvalue weighted by Crippen LogP contribution is 2.32. The number of carbonyl (C=O) groups excluding carboxylic acids is 2. The summed E-state index contributed by atoms with van der Waals surface area (Å²) in [4.78, 5) is 26.5. The fourth-order valence-corrected chi connectivity index (χ4v) is 5.36. The lowest BCUT2D eigenvalue weighted by Gasteiger charge is -2.37. The number of nitrogens with zero attached hydrogens (tertiary/aromatic N) is 3. The predicted octanol–water partition coefficient (Wildman–Crippen LogP) is 2.06. The van der Waals surface area contributed by atoms with Gasteiger partial charge in [-0.15, -0.1) is 0 Å². The van der Waals surface area contributed by atoms with Crippen molar-refractivity contribution in [2.24, 2.45) is 5.73 Å². The van der Waals surface area contributed by atoms with Crippen molar-refractivity contribution in [2.45, 2.75) is 37.2 Å². The molecule has 0 atom stereocenters. The molecule has 4 rings (SSSR count). The topological polar surface area (TPSA) is 127 Å². The van der Waals surface area contributed by atoms with Crippen molar-refractivity contribution in [1.82, 2.24) is 20.0 Å². The smallest absolute Gasteiger partial charge is 0.318 e. The van der Waals surface area contributed by atoms with Crippen molar-refractivity contribution < 1.29 is 18.0 Å². The summed E-state index contributed by atoms with van der Waals surface area (Å²) in [6.07, 6.45) is 2.02. The second-order valence-corrected chi connectivity index (χ2v) is 11.0. The zero-order chi connectivity index (χ0) is 22.5. The fraction of sp³-hybridized carbons (Fsp3) is 0.421. The molecule has 1 fully saturated rings. The Morgan fingerprint density at radius 2 is 1.90 bits per heavy atom. The van der Waals surface area contributed by atoms with Crippen molar-refractivity contribution in [3.8, 4) is 11.3 Å². The summed E-state index contributed by atoms with van der Waals surface area (Å²) in [7, 11) is -3.09. The van der Waals surface area contributed by atoms with Gasteiger partial charge in [0.2, 0.25) is 0 Å². The van der Waals surface area contributed by atoms with Crippen LogP contribution >= 0.6 is 23.2 Å². The average Bonchev–Trinajstić information content (AvgIpc) is 3.04.